The Morgan fingerprint density at radius 3 is 2.52 bits per heavy atom. The molecule has 1 atom stereocenters. The van der Waals surface area contributed by atoms with Crippen LogP contribution in [0.1, 0.15) is 38.8 Å². The number of carbonyl (C=O) groups is 1. The average molecular weight is 435 g/mol. The molecule has 0 aliphatic rings. The summed E-state index contributed by atoms with van der Waals surface area (Å²) in [5.41, 5.74) is 4.18. The van der Waals surface area contributed by atoms with Crippen molar-refractivity contribution in [3.63, 3.8) is 0 Å². The predicted molar refractivity (Wildman–Crippen MR) is 119 cm³/mol. The third-order valence-electron chi connectivity index (χ3n) is 5.09. The zero-order valence-electron chi connectivity index (χ0n) is 17.4. The maximum atomic E-state index is 13.2. The number of amides is 1. The van der Waals surface area contributed by atoms with Crippen LogP contribution in [0.4, 0.5) is 0 Å². The third kappa shape index (κ3) is 4.83. The van der Waals surface area contributed by atoms with E-state index in [1.807, 2.05) is 61.5 Å². The van der Waals surface area contributed by atoms with Crippen LogP contribution < -0.4 is 5.32 Å². The molecule has 2 heterocycles. The molecular formula is C23H23ClN6O. The molecule has 0 aliphatic carbocycles. The van der Waals surface area contributed by atoms with Crippen molar-refractivity contribution < 1.29 is 4.79 Å². The fraction of sp³-hybridized carbons (Fsp3) is 0.217. The summed E-state index contributed by atoms with van der Waals surface area (Å²) in [4.78, 5) is 17.2. The summed E-state index contributed by atoms with van der Waals surface area (Å²) in [7, 11) is 0. The molecule has 0 spiro atoms. The first-order chi connectivity index (χ1) is 15.0. The molecule has 2 aromatic heterocycles. The van der Waals surface area contributed by atoms with Crippen molar-refractivity contribution in [2.24, 2.45) is 0 Å². The monoisotopic (exact) mass is 434 g/mol. The molecule has 2 aromatic carbocycles. The van der Waals surface area contributed by atoms with E-state index in [1.54, 1.807) is 22.6 Å². The Morgan fingerprint density at radius 2 is 1.84 bits per heavy atom. The van der Waals surface area contributed by atoms with Crippen molar-refractivity contribution >= 4 is 17.5 Å². The van der Waals surface area contributed by atoms with Gasteiger partial charge >= 0.3 is 0 Å². The fourth-order valence-corrected chi connectivity index (χ4v) is 3.77. The van der Waals surface area contributed by atoms with Crippen LogP contribution in [0.15, 0.2) is 67.3 Å². The molecule has 0 bridgehead atoms. The molecular weight excluding hydrogens is 412 g/mol. The van der Waals surface area contributed by atoms with E-state index in [-0.39, 0.29) is 11.9 Å². The van der Waals surface area contributed by atoms with Gasteiger partial charge in [0.2, 0.25) is 0 Å². The lowest BCUT2D eigenvalue weighted by Gasteiger charge is -2.19. The molecule has 0 fully saturated rings. The topological polar surface area (TPSA) is 77.6 Å². The van der Waals surface area contributed by atoms with Gasteiger partial charge in [-0.05, 0) is 25.0 Å². The van der Waals surface area contributed by atoms with Gasteiger partial charge in [-0.2, -0.15) is 10.2 Å². The Kier molecular flexibility index (Phi) is 6.13. The van der Waals surface area contributed by atoms with E-state index in [0.717, 1.165) is 11.1 Å². The molecule has 0 saturated heterocycles. The van der Waals surface area contributed by atoms with Crippen LogP contribution in [0.3, 0.4) is 0 Å². The van der Waals surface area contributed by atoms with E-state index in [0.29, 0.717) is 29.5 Å². The Labute approximate surface area is 185 Å². The normalized spacial score (nSPS) is 12.0. The maximum Gasteiger partial charge on any atom is 0.256 e. The molecule has 0 aliphatic heterocycles. The number of carbonyl (C=O) groups excluding carboxylic acids is 1. The Bertz CT molecular complexity index is 1150. The van der Waals surface area contributed by atoms with E-state index in [4.69, 9.17) is 11.6 Å². The molecule has 1 unspecified atom stereocenters. The molecule has 0 saturated carbocycles. The van der Waals surface area contributed by atoms with Crippen LogP contribution >= 0.6 is 11.6 Å². The second-order valence-corrected chi connectivity index (χ2v) is 7.81. The van der Waals surface area contributed by atoms with Gasteiger partial charge in [0.25, 0.3) is 5.91 Å². The highest BCUT2D eigenvalue weighted by molar-refractivity contribution is 6.33. The molecule has 4 aromatic rings. The molecule has 1 amide bonds. The van der Waals surface area contributed by atoms with Crippen molar-refractivity contribution in [2.45, 2.75) is 33.0 Å². The maximum absolute atomic E-state index is 13.2. The van der Waals surface area contributed by atoms with E-state index in [1.165, 1.54) is 11.9 Å². The number of hydrogen-bond acceptors (Lipinski definition) is 4. The van der Waals surface area contributed by atoms with Crippen LogP contribution in [0, 0.1) is 13.8 Å². The summed E-state index contributed by atoms with van der Waals surface area (Å²) in [5, 5.41) is 12.1. The zero-order chi connectivity index (χ0) is 21.8. The minimum absolute atomic E-state index is 0.272. The Morgan fingerprint density at radius 1 is 1.10 bits per heavy atom. The molecule has 8 heteroatoms. The zero-order valence-corrected chi connectivity index (χ0v) is 18.1. The molecule has 7 nitrogen and oxygen atoms in total. The van der Waals surface area contributed by atoms with Crippen LogP contribution in [0.2, 0.25) is 5.15 Å². The number of benzene rings is 2. The van der Waals surface area contributed by atoms with Crippen LogP contribution in [-0.2, 0) is 13.1 Å². The number of nitrogens with one attached hydrogen (secondary N) is 1. The minimum Gasteiger partial charge on any atom is -0.343 e. The molecule has 158 valence electrons. The summed E-state index contributed by atoms with van der Waals surface area (Å²) < 4.78 is 3.35. The van der Waals surface area contributed by atoms with Gasteiger partial charge in [-0.1, -0.05) is 71.8 Å². The van der Waals surface area contributed by atoms with Crippen molar-refractivity contribution in [1.29, 1.82) is 0 Å². The minimum atomic E-state index is -0.300. The predicted octanol–water partition coefficient (Wildman–Crippen LogP) is 3.96. The van der Waals surface area contributed by atoms with Crippen molar-refractivity contribution in [1.82, 2.24) is 29.9 Å². The number of aryl methyl sites for hydroxylation is 2. The molecule has 0 radical (unpaired) electrons. The lowest BCUT2D eigenvalue weighted by molar-refractivity contribution is 0.0931. The highest BCUT2D eigenvalue weighted by atomic mass is 35.5. The quantitative estimate of drug-likeness (QED) is 0.477. The number of hydrogen-bond donors (Lipinski definition) is 1. The number of rotatable bonds is 7. The van der Waals surface area contributed by atoms with E-state index in [9.17, 15) is 4.79 Å². The van der Waals surface area contributed by atoms with Crippen LogP contribution in [-0.4, -0.2) is 30.5 Å². The van der Waals surface area contributed by atoms with Gasteiger partial charge in [-0.15, -0.1) is 0 Å². The SMILES string of the molecule is Cc1ccc(Cn2nc(C)c(C(=O)NC(Cn3cncn3)c3ccccc3)c2Cl)cc1. The Balaban J connectivity index is 1.57. The highest BCUT2D eigenvalue weighted by Gasteiger charge is 2.24. The van der Waals surface area contributed by atoms with Gasteiger partial charge in [-0.25, -0.2) is 9.67 Å². The van der Waals surface area contributed by atoms with Gasteiger partial charge in [0.05, 0.1) is 30.4 Å². The van der Waals surface area contributed by atoms with E-state index in [2.05, 4.69) is 20.5 Å². The van der Waals surface area contributed by atoms with Gasteiger partial charge in [0.1, 0.15) is 17.8 Å². The summed E-state index contributed by atoms with van der Waals surface area (Å²) in [5.74, 6) is -0.272. The first kappa shape index (κ1) is 20.8. The Hall–Kier alpha value is -3.45. The largest absolute Gasteiger partial charge is 0.343 e. The summed E-state index contributed by atoms with van der Waals surface area (Å²) >= 11 is 6.59. The molecule has 31 heavy (non-hydrogen) atoms. The van der Waals surface area contributed by atoms with Crippen molar-refractivity contribution in [3.8, 4) is 0 Å². The second-order valence-electron chi connectivity index (χ2n) is 7.45. The van der Waals surface area contributed by atoms with E-state index < -0.39 is 0 Å². The summed E-state index contributed by atoms with van der Waals surface area (Å²) in [6.07, 6.45) is 3.10. The fourth-order valence-electron chi connectivity index (χ4n) is 3.45. The first-order valence-electron chi connectivity index (χ1n) is 9.98. The lowest BCUT2D eigenvalue weighted by atomic mass is 10.1. The number of nitrogens with zero attached hydrogens (tertiary/aromatic N) is 5. The summed E-state index contributed by atoms with van der Waals surface area (Å²) in [6.45, 7) is 4.78. The van der Waals surface area contributed by atoms with Crippen LogP contribution in [0.25, 0.3) is 0 Å². The second kappa shape index (κ2) is 9.14. The van der Waals surface area contributed by atoms with E-state index >= 15 is 0 Å². The molecule has 4 rings (SSSR count). The smallest absolute Gasteiger partial charge is 0.256 e. The highest BCUT2D eigenvalue weighted by Crippen LogP contribution is 2.23. The first-order valence-corrected chi connectivity index (χ1v) is 10.4. The average Bonchev–Trinajstić information content (AvgIpc) is 3.37. The lowest BCUT2D eigenvalue weighted by Crippen LogP contribution is -2.32. The summed E-state index contributed by atoms with van der Waals surface area (Å²) in [6, 6.07) is 17.6. The molecule has 1 N–H and O–H groups in total. The van der Waals surface area contributed by atoms with Gasteiger partial charge in [-0.3, -0.25) is 9.48 Å². The van der Waals surface area contributed by atoms with Crippen molar-refractivity contribution in [3.05, 3.63) is 100 Å². The van der Waals surface area contributed by atoms with Gasteiger partial charge in [0, 0.05) is 0 Å². The van der Waals surface area contributed by atoms with Gasteiger partial charge < -0.3 is 5.32 Å². The standard InChI is InChI=1S/C23H23ClN6O/c1-16-8-10-18(11-9-16)12-30-22(24)21(17(2)28-30)23(31)27-20(13-29-15-25-14-26-29)19-6-4-3-5-7-19/h3-11,14-15,20H,12-13H2,1-2H3,(H,27,31). The van der Waals surface area contributed by atoms with Crippen LogP contribution in [0.5, 0.6) is 0 Å². The van der Waals surface area contributed by atoms with Crippen molar-refractivity contribution in [2.75, 3.05) is 0 Å². The third-order valence-corrected chi connectivity index (χ3v) is 5.47. The number of aromatic nitrogens is 5. The number of halogens is 1. The van der Waals surface area contributed by atoms with Gasteiger partial charge in [0.15, 0.2) is 0 Å².